The predicted octanol–water partition coefficient (Wildman–Crippen LogP) is 3.08. The number of amides is 1. The van der Waals surface area contributed by atoms with Gasteiger partial charge in [0.1, 0.15) is 5.75 Å². The van der Waals surface area contributed by atoms with Crippen molar-refractivity contribution in [1.29, 1.82) is 0 Å². The van der Waals surface area contributed by atoms with Crippen LogP contribution in [0.4, 0.5) is 5.69 Å². The van der Waals surface area contributed by atoms with Gasteiger partial charge in [-0.3, -0.25) is 9.10 Å². The maximum absolute atomic E-state index is 12.9. The zero-order chi connectivity index (χ0) is 21.0. The minimum Gasteiger partial charge on any atom is -0.497 e. The topological polar surface area (TPSA) is 84.9 Å². The Kier molecular flexibility index (Phi) is 6.66. The van der Waals surface area contributed by atoms with Crippen LogP contribution < -0.4 is 14.4 Å². The molecule has 0 aliphatic carbocycles. The first-order valence-corrected chi connectivity index (χ1v) is 11.0. The molecule has 156 valence electrons. The van der Waals surface area contributed by atoms with Gasteiger partial charge < -0.3 is 14.8 Å². The first-order chi connectivity index (χ1) is 13.8. The fourth-order valence-electron chi connectivity index (χ4n) is 3.04. The van der Waals surface area contributed by atoms with Gasteiger partial charge >= 0.3 is 0 Å². The molecule has 1 fully saturated rings. The van der Waals surface area contributed by atoms with Gasteiger partial charge in [0.05, 0.1) is 34.4 Å². The highest BCUT2D eigenvalue weighted by Gasteiger charge is 2.23. The van der Waals surface area contributed by atoms with Gasteiger partial charge in [0, 0.05) is 20.2 Å². The SMILES string of the molecule is COc1ccc(S(=O)(=O)N(C)c2ccc(C(=O)NCC3CCCO3)c(Cl)c2)cc1. The largest absolute Gasteiger partial charge is 0.497 e. The molecule has 3 rings (SSSR count). The number of sulfonamides is 1. The molecular formula is C20H23ClN2O5S. The molecule has 1 aliphatic heterocycles. The Labute approximate surface area is 175 Å². The van der Waals surface area contributed by atoms with E-state index in [-0.39, 0.29) is 27.5 Å². The summed E-state index contributed by atoms with van der Waals surface area (Å²) in [6.07, 6.45) is 1.93. The van der Waals surface area contributed by atoms with Gasteiger partial charge in [-0.05, 0) is 55.3 Å². The van der Waals surface area contributed by atoms with E-state index in [1.807, 2.05) is 0 Å². The second-order valence-corrected chi connectivity index (χ2v) is 9.03. The number of halogens is 1. The number of benzene rings is 2. The van der Waals surface area contributed by atoms with Crippen LogP contribution in [-0.2, 0) is 14.8 Å². The lowest BCUT2D eigenvalue weighted by molar-refractivity contribution is 0.0858. The fraction of sp³-hybridized carbons (Fsp3) is 0.350. The van der Waals surface area contributed by atoms with Crippen molar-refractivity contribution in [3.8, 4) is 5.75 Å². The summed E-state index contributed by atoms with van der Waals surface area (Å²) in [5, 5.41) is 2.98. The third-order valence-corrected chi connectivity index (χ3v) is 6.91. The quantitative estimate of drug-likeness (QED) is 0.718. The maximum atomic E-state index is 12.9. The Bertz CT molecular complexity index is 973. The molecule has 1 amide bonds. The summed E-state index contributed by atoms with van der Waals surface area (Å²) in [6.45, 7) is 1.13. The lowest BCUT2D eigenvalue weighted by atomic mass is 10.2. The Morgan fingerprint density at radius 2 is 2.00 bits per heavy atom. The summed E-state index contributed by atoms with van der Waals surface area (Å²) in [6, 6.07) is 10.6. The van der Waals surface area contributed by atoms with E-state index < -0.39 is 10.0 Å². The molecule has 0 spiro atoms. The predicted molar refractivity (Wildman–Crippen MR) is 111 cm³/mol. The number of anilines is 1. The highest BCUT2D eigenvalue weighted by atomic mass is 35.5. The van der Waals surface area contributed by atoms with Crippen LogP contribution >= 0.6 is 11.6 Å². The van der Waals surface area contributed by atoms with Crippen LogP contribution in [0.25, 0.3) is 0 Å². The Morgan fingerprint density at radius 3 is 2.59 bits per heavy atom. The molecule has 2 aromatic carbocycles. The lowest BCUT2D eigenvalue weighted by Crippen LogP contribution is -2.32. The van der Waals surface area contributed by atoms with Crippen LogP contribution in [0.1, 0.15) is 23.2 Å². The smallest absolute Gasteiger partial charge is 0.264 e. The van der Waals surface area contributed by atoms with Crippen molar-refractivity contribution in [1.82, 2.24) is 5.32 Å². The molecule has 2 aromatic rings. The van der Waals surface area contributed by atoms with E-state index in [2.05, 4.69) is 5.32 Å². The Hall–Kier alpha value is -2.29. The van der Waals surface area contributed by atoms with E-state index in [1.54, 1.807) is 18.2 Å². The van der Waals surface area contributed by atoms with Gasteiger partial charge in [0.25, 0.3) is 15.9 Å². The van der Waals surface area contributed by atoms with Gasteiger partial charge in [-0.2, -0.15) is 0 Å². The van der Waals surface area contributed by atoms with Crippen LogP contribution in [0.15, 0.2) is 47.4 Å². The molecule has 29 heavy (non-hydrogen) atoms. The molecule has 1 heterocycles. The molecule has 7 nitrogen and oxygen atoms in total. The number of nitrogens with zero attached hydrogens (tertiary/aromatic N) is 1. The zero-order valence-corrected chi connectivity index (χ0v) is 17.8. The minimum atomic E-state index is -3.79. The Morgan fingerprint density at radius 1 is 1.28 bits per heavy atom. The van der Waals surface area contributed by atoms with Crippen molar-refractivity contribution in [2.24, 2.45) is 0 Å². The highest BCUT2D eigenvalue weighted by molar-refractivity contribution is 7.92. The molecule has 0 bridgehead atoms. The van der Waals surface area contributed by atoms with Crippen LogP contribution in [0, 0.1) is 0 Å². The van der Waals surface area contributed by atoms with Crippen LogP contribution in [-0.4, -0.2) is 47.7 Å². The van der Waals surface area contributed by atoms with Gasteiger partial charge in [0.2, 0.25) is 0 Å². The number of rotatable bonds is 7. The fourth-order valence-corrected chi connectivity index (χ4v) is 4.48. The highest BCUT2D eigenvalue weighted by Crippen LogP contribution is 2.28. The molecule has 0 aromatic heterocycles. The first-order valence-electron chi connectivity index (χ1n) is 9.15. The molecule has 1 aliphatic rings. The molecule has 1 atom stereocenters. The van der Waals surface area contributed by atoms with Gasteiger partial charge in [-0.25, -0.2) is 8.42 Å². The standard InChI is InChI=1S/C20H23ClN2O5S/c1-23(29(25,26)17-8-6-15(27-2)7-9-17)14-5-10-18(19(21)12-14)20(24)22-13-16-4-3-11-28-16/h5-10,12,16H,3-4,11,13H2,1-2H3,(H,22,24). The van der Waals surface area contributed by atoms with Crippen molar-refractivity contribution >= 4 is 33.2 Å². The van der Waals surface area contributed by atoms with E-state index in [1.165, 1.54) is 38.4 Å². The normalized spacial score (nSPS) is 16.4. The van der Waals surface area contributed by atoms with Crippen LogP contribution in [0.5, 0.6) is 5.75 Å². The summed E-state index contributed by atoms with van der Waals surface area (Å²) in [4.78, 5) is 12.5. The number of nitrogens with one attached hydrogen (secondary N) is 1. The second-order valence-electron chi connectivity index (χ2n) is 6.66. The van der Waals surface area contributed by atoms with E-state index >= 15 is 0 Å². The first kappa shape index (κ1) is 21.4. The Balaban J connectivity index is 1.74. The summed E-state index contributed by atoms with van der Waals surface area (Å²) in [7, 11) is -0.843. The van der Waals surface area contributed by atoms with Crippen molar-refractivity contribution in [3.05, 3.63) is 53.1 Å². The average Bonchev–Trinajstić information content (AvgIpc) is 3.25. The van der Waals surface area contributed by atoms with Crippen LogP contribution in [0.2, 0.25) is 5.02 Å². The van der Waals surface area contributed by atoms with Gasteiger partial charge in [-0.15, -0.1) is 0 Å². The van der Waals surface area contributed by atoms with Crippen molar-refractivity contribution in [3.63, 3.8) is 0 Å². The maximum Gasteiger partial charge on any atom is 0.264 e. The monoisotopic (exact) mass is 438 g/mol. The minimum absolute atomic E-state index is 0.0257. The molecule has 1 N–H and O–H groups in total. The summed E-state index contributed by atoms with van der Waals surface area (Å²) in [5.41, 5.74) is 0.630. The van der Waals surface area contributed by atoms with E-state index in [0.717, 1.165) is 17.1 Å². The van der Waals surface area contributed by atoms with Gasteiger partial charge in [-0.1, -0.05) is 11.6 Å². The van der Waals surface area contributed by atoms with Gasteiger partial charge in [0.15, 0.2) is 0 Å². The van der Waals surface area contributed by atoms with Crippen molar-refractivity contribution in [2.45, 2.75) is 23.8 Å². The van der Waals surface area contributed by atoms with Crippen molar-refractivity contribution in [2.75, 3.05) is 31.6 Å². The lowest BCUT2D eigenvalue weighted by Gasteiger charge is -2.20. The van der Waals surface area contributed by atoms with Crippen molar-refractivity contribution < 1.29 is 22.7 Å². The third kappa shape index (κ3) is 4.83. The van der Waals surface area contributed by atoms with E-state index in [9.17, 15) is 13.2 Å². The van der Waals surface area contributed by atoms with E-state index in [4.69, 9.17) is 21.1 Å². The third-order valence-electron chi connectivity index (χ3n) is 4.79. The average molecular weight is 439 g/mol. The molecule has 9 heteroatoms. The summed E-state index contributed by atoms with van der Waals surface area (Å²) < 4.78 is 37.4. The number of hydrogen-bond acceptors (Lipinski definition) is 5. The summed E-state index contributed by atoms with van der Waals surface area (Å²) >= 11 is 6.27. The molecule has 1 unspecified atom stereocenters. The number of hydrogen-bond donors (Lipinski definition) is 1. The molecular weight excluding hydrogens is 416 g/mol. The molecule has 1 saturated heterocycles. The number of carbonyl (C=O) groups excluding carboxylic acids is 1. The van der Waals surface area contributed by atoms with Crippen LogP contribution in [0.3, 0.4) is 0 Å². The van der Waals surface area contributed by atoms with E-state index in [0.29, 0.717) is 24.6 Å². The summed E-state index contributed by atoms with van der Waals surface area (Å²) in [5.74, 6) is 0.241. The number of carbonyl (C=O) groups is 1. The number of methoxy groups -OCH3 is 1. The number of ether oxygens (including phenoxy) is 2. The molecule has 0 saturated carbocycles. The molecule has 0 radical (unpaired) electrons. The zero-order valence-electron chi connectivity index (χ0n) is 16.2. The second kappa shape index (κ2) is 9.02.